The lowest BCUT2D eigenvalue weighted by molar-refractivity contribution is 0.105. The average molecular weight is 386 g/mol. The number of anilines is 1. The molecule has 1 aliphatic rings. The summed E-state index contributed by atoms with van der Waals surface area (Å²) >= 11 is 0. The van der Waals surface area contributed by atoms with Gasteiger partial charge in [0.1, 0.15) is 11.6 Å². The summed E-state index contributed by atoms with van der Waals surface area (Å²) in [6.07, 6.45) is -0.195. The van der Waals surface area contributed by atoms with Crippen LogP contribution in [-0.2, 0) is 4.74 Å². The van der Waals surface area contributed by atoms with E-state index in [1.807, 2.05) is 18.2 Å². The summed E-state index contributed by atoms with van der Waals surface area (Å²) in [5.41, 5.74) is 1.78. The molecule has 3 rings (SSSR count). The van der Waals surface area contributed by atoms with Crippen molar-refractivity contribution < 1.29 is 14.2 Å². The monoisotopic (exact) mass is 386 g/mol. The predicted octanol–water partition coefficient (Wildman–Crippen LogP) is 2.62. The highest BCUT2D eigenvalue weighted by Gasteiger charge is 2.22. The number of phenols is 1. The summed E-state index contributed by atoms with van der Waals surface area (Å²) in [6, 6.07) is 13.8. The Morgan fingerprint density at radius 1 is 1.14 bits per heavy atom. The second-order valence-electron chi connectivity index (χ2n) is 6.67. The van der Waals surface area contributed by atoms with E-state index in [1.165, 1.54) is 12.1 Å². The third-order valence-electron chi connectivity index (χ3n) is 4.99. The Morgan fingerprint density at radius 3 is 2.43 bits per heavy atom. The standard InChI is InChI=1S/C21H27FN4O2/c1-23-21(24-15-20(28-2)16-7-9-17(22)10-8-16)26-13-11-25(12-14-26)18-5-3-4-6-19(18)27/h3-10,20,27H,11-15H2,1-2H3,(H,23,24). The first-order valence-electron chi connectivity index (χ1n) is 9.39. The molecule has 7 heteroatoms. The fourth-order valence-corrected chi connectivity index (χ4v) is 3.42. The highest BCUT2D eigenvalue weighted by molar-refractivity contribution is 5.80. The topological polar surface area (TPSA) is 60.3 Å². The zero-order chi connectivity index (χ0) is 19.9. The van der Waals surface area contributed by atoms with Crippen molar-refractivity contribution in [3.05, 3.63) is 59.9 Å². The maximum Gasteiger partial charge on any atom is 0.193 e. The number of halogens is 1. The van der Waals surface area contributed by atoms with Crippen molar-refractivity contribution in [2.24, 2.45) is 4.99 Å². The van der Waals surface area contributed by atoms with Gasteiger partial charge in [0.05, 0.1) is 11.8 Å². The van der Waals surface area contributed by atoms with Crippen LogP contribution in [0.15, 0.2) is 53.5 Å². The lowest BCUT2D eigenvalue weighted by atomic mass is 10.1. The molecule has 1 aliphatic heterocycles. The molecule has 0 saturated carbocycles. The number of hydrogen-bond acceptors (Lipinski definition) is 4. The molecule has 1 atom stereocenters. The van der Waals surface area contributed by atoms with Crippen LogP contribution in [-0.4, -0.2) is 62.8 Å². The second-order valence-corrected chi connectivity index (χ2v) is 6.67. The fraction of sp³-hybridized carbons (Fsp3) is 0.381. The van der Waals surface area contributed by atoms with Crippen LogP contribution in [0.1, 0.15) is 11.7 Å². The molecule has 0 spiro atoms. The molecule has 1 fully saturated rings. The summed E-state index contributed by atoms with van der Waals surface area (Å²) in [4.78, 5) is 8.75. The van der Waals surface area contributed by atoms with Gasteiger partial charge in [-0.05, 0) is 29.8 Å². The summed E-state index contributed by atoms with van der Waals surface area (Å²) in [5, 5.41) is 13.4. The smallest absolute Gasteiger partial charge is 0.193 e. The van der Waals surface area contributed by atoms with E-state index in [0.29, 0.717) is 12.3 Å². The highest BCUT2D eigenvalue weighted by Crippen LogP contribution is 2.27. The molecule has 2 aromatic carbocycles. The molecule has 1 heterocycles. The minimum absolute atomic E-state index is 0.195. The molecular weight excluding hydrogens is 359 g/mol. The Morgan fingerprint density at radius 2 is 1.82 bits per heavy atom. The van der Waals surface area contributed by atoms with Crippen molar-refractivity contribution in [1.29, 1.82) is 0 Å². The molecule has 28 heavy (non-hydrogen) atoms. The number of methoxy groups -OCH3 is 1. The Labute approximate surface area is 165 Å². The fourth-order valence-electron chi connectivity index (χ4n) is 3.42. The number of ether oxygens (including phenoxy) is 1. The Bertz CT molecular complexity index is 789. The maximum atomic E-state index is 13.1. The van der Waals surface area contributed by atoms with Gasteiger partial charge in [-0.25, -0.2) is 4.39 Å². The number of phenolic OH excluding ortho intramolecular Hbond substituents is 1. The van der Waals surface area contributed by atoms with Gasteiger partial charge in [0, 0.05) is 46.9 Å². The van der Waals surface area contributed by atoms with E-state index in [0.717, 1.165) is 43.4 Å². The number of aromatic hydroxyl groups is 1. The van der Waals surface area contributed by atoms with Gasteiger partial charge in [-0.3, -0.25) is 4.99 Å². The quantitative estimate of drug-likeness (QED) is 0.611. The Hall–Kier alpha value is -2.80. The minimum Gasteiger partial charge on any atom is -0.506 e. The highest BCUT2D eigenvalue weighted by atomic mass is 19.1. The van der Waals surface area contributed by atoms with Gasteiger partial charge in [-0.2, -0.15) is 0 Å². The number of rotatable bonds is 5. The van der Waals surface area contributed by atoms with Gasteiger partial charge >= 0.3 is 0 Å². The molecule has 2 N–H and O–H groups in total. The zero-order valence-electron chi connectivity index (χ0n) is 16.3. The lowest BCUT2D eigenvalue weighted by Crippen LogP contribution is -2.53. The van der Waals surface area contributed by atoms with Crippen LogP contribution in [0.2, 0.25) is 0 Å². The summed E-state index contributed by atoms with van der Waals surface area (Å²) in [7, 11) is 3.40. The largest absolute Gasteiger partial charge is 0.506 e. The van der Waals surface area contributed by atoms with Crippen molar-refractivity contribution in [3.8, 4) is 5.75 Å². The van der Waals surface area contributed by atoms with Crippen LogP contribution in [0.3, 0.4) is 0 Å². The number of aliphatic imine (C=N–C) groups is 1. The average Bonchev–Trinajstić information content (AvgIpc) is 2.73. The van der Waals surface area contributed by atoms with Crippen LogP contribution < -0.4 is 10.2 Å². The second kappa shape index (κ2) is 9.41. The minimum atomic E-state index is -0.260. The van der Waals surface area contributed by atoms with E-state index >= 15 is 0 Å². The first kappa shape index (κ1) is 19.9. The molecular formula is C21H27FN4O2. The van der Waals surface area contributed by atoms with Crippen molar-refractivity contribution in [2.45, 2.75) is 6.10 Å². The maximum absolute atomic E-state index is 13.1. The van der Waals surface area contributed by atoms with Crippen LogP contribution in [0.4, 0.5) is 10.1 Å². The number of nitrogens with one attached hydrogen (secondary N) is 1. The Balaban J connectivity index is 1.56. The number of benzene rings is 2. The van der Waals surface area contributed by atoms with E-state index in [-0.39, 0.29) is 11.9 Å². The number of piperazine rings is 1. The molecule has 0 aliphatic carbocycles. The zero-order valence-corrected chi connectivity index (χ0v) is 16.3. The predicted molar refractivity (Wildman–Crippen MR) is 109 cm³/mol. The number of guanidine groups is 1. The molecule has 2 aromatic rings. The number of para-hydroxylation sites is 2. The summed E-state index contributed by atoms with van der Waals surface area (Å²) in [6.45, 7) is 3.72. The normalized spacial score (nSPS) is 16.2. The first-order valence-corrected chi connectivity index (χ1v) is 9.39. The number of nitrogens with zero attached hydrogens (tertiary/aromatic N) is 3. The van der Waals surface area contributed by atoms with E-state index in [4.69, 9.17) is 4.74 Å². The Kier molecular flexibility index (Phi) is 6.71. The van der Waals surface area contributed by atoms with E-state index in [2.05, 4.69) is 20.1 Å². The third-order valence-corrected chi connectivity index (χ3v) is 4.99. The lowest BCUT2D eigenvalue weighted by Gasteiger charge is -2.38. The van der Waals surface area contributed by atoms with Crippen molar-refractivity contribution in [1.82, 2.24) is 10.2 Å². The van der Waals surface area contributed by atoms with E-state index in [9.17, 15) is 9.50 Å². The molecule has 0 amide bonds. The van der Waals surface area contributed by atoms with E-state index in [1.54, 1.807) is 32.4 Å². The van der Waals surface area contributed by atoms with Gasteiger partial charge < -0.3 is 25.0 Å². The molecule has 6 nitrogen and oxygen atoms in total. The molecule has 0 radical (unpaired) electrons. The van der Waals surface area contributed by atoms with Crippen LogP contribution in [0, 0.1) is 5.82 Å². The van der Waals surface area contributed by atoms with Gasteiger partial charge in [0.15, 0.2) is 5.96 Å². The van der Waals surface area contributed by atoms with Crippen molar-refractivity contribution in [2.75, 3.05) is 51.8 Å². The van der Waals surface area contributed by atoms with Crippen molar-refractivity contribution >= 4 is 11.6 Å². The van der Waals surface area contributed by atoms with Crippen LogP contribution >= 0.6 is 0 Å². The SMILES string of the molecule is CN=C(NCC(OC)c1ccc(F)cc1)N1CCN(c2ccccc2O)CC1. The number of hydrogen-bond donors (Lipinski definition) is 2. The van der Waals surface area contributed by atoms with Gasteiger partial charge in [-0.1, -0.05) is 24.3 Å². The summed E-state index contributed by atoms with van der Waals surface area (Å²) < 4.78 is 18.7. The molecule has 1 unspecified atom stereocenters. The van der Waals surface area contributed by atoms with Crippen LogP contribution in [0.5, 0.6) is 5.75 Å². The van der Waals surface area contributed by atoms with Gasteiger partial charge in [0.25, 0.3) is 0 Å². The molecule has 0 bridgehead atoms. The third kappa shape index (κ3) is 4.72. The van der Waals surface area contributed by atoms with Gasteiger partial charge in [-0.15, -0.1) is 0 Å². The molecule has 0 aromatic heterocycles. The van der Waals surface area contributed by atoms with Crippen LogP contribution in [0.25, 0.3) is 0 Å². The summed E-state index contributed by atoms with van der Waals surface area (Å²) in [5.74, 6) is 0.853. The van der Waals surface area contributed by atoms with Crippen molar-refractivity contribution in [3.63, 3.8) is 0 Å². The first-order chi connectivity index (χ1) is 13.6. The molecule has 150 valence electrons. The molecule has 1 saturated heterocycles. The van der Waals surface area contributed by atoms with E-state index < -0.39 is 0 Å². The van der Waals surface area contributed by atoms with Gasteiger partial charge in [0.2, 0.25) is 0 Å².